The van der Waals surface area contributed by atoms with E-state index in [1.165, 1.54) is 0 Å². The van der Waals surface area contributed by atoms with E-state index in [1.54, 1.807) is 7.11 Å². The molecule has 1 unspecified atom stereocenters. The second kappa shape index (κ2) is 6.83. The summed E-state index contributed by atoms with van der Waals surface area (Å²) < 4.78 is 5.15. The minimum absolute atomic E-state index is 0.595. The van der Waals surface area contributed by atoms with Crippen molar-refractivity contribution in [1.29, 1.82) is 0 Å². The first-order chi connectivity index (χ1) is 8.79. The Kier molecular flexibility index (Phi) is 5.11. The summed E-state index contributed by atoms with van der Waals surface area (Å²) in [6.45, 7) is 8.46. The van der Waals surface area contributed by atoms with Crippen molar-refractivity contribution in [3.8, 4) is 0 Å². The molecular formula is C14H23N3O. The number of rotatable bonds is 5. The van der Waals surface area contributed by atoms with E-state index in [2.05, 4.69) is 33.8 Å². The lowest BCUT2D eigenvalue weighted by Crippen LogP contribution is -2.52. The van der Waals surface area contributed by atoms with Gasteiger partial charge in [-0.2, -0.15) is 0 Å². The minimum Gasteiger partial charge on any atom is -0.383 e. The molecule has 0 bridgehead atoms. The van der Waals surface area contributed by atoms with Crippen LogP contribution in [0.3, 0.4) is 0 Å². The molecule has 0 aromatic carbocycles. The number of piperazine rings is 1. The van der Waals surface area contributed by atoms with Crippen LogP contribution in [0.5, 0.6) is 0 Å². The molecule has 4 heteroatoms. The first kappa shape index (κ1) is 13.5. The zero-order chi connectivity index (χ0) is 12.8. The maximum absolute atomic E-state index is 5.15. The Morgan fingerprint density at radius 1 is 1.39 bits per heavy atom. The molecule has 1 aliphatic rings. The maximum Gasteiger partial charge on any atom is 0.0589 e. The average molecular weight is 249 g/mol. The zero-order valence-electron chi connectivity index (χ0n) is 11.4. The van der Waals surface area contributed by atoms with Crippen LogP contribution in [0.1, 0.15) is 12.6 Å². The molecule has 0 amide bonds. The van der Waals surface area contributed by atoms with E-state index in [0.29, 0.717) is 6.04 Å². The van der Waals surface area contributed by atoms with Gasteiger partial charge in [0.05, 0.1) is 12.3 Å². The lowest BCUT2D eigenvalue weighted by Gasteiger charge is -2.39. The van der Waals surface area contributed by atoms with Crippen molar-refractivity contribution in [2.24, 2.45) is 0 Å². The fourth-order valence-corrected chi connectivity index (χ4v) is 2.48. The van der Waals surface area contributed by atoms with Gasteiger partial charge < -0.3 is 4.74 Å². The molecule has 100 valence electrons. The largest absolute Gasteiger partial charge is 0.383 e. The highest BCUT2D eigenvalue weighted by Gasteiger charge is 2.23. The quantitative estimate of drug-likeness (QED) is 0.785. The van der Waals surface area contributed by atoms with Crippen LogP contribution in [0.2, 0.25) is 0 Å². The molecule has 1 fully saturated rings. The highest BCUT2D eigenvalue weighted by molar-refractivity contribution is 5.03. The predicted octanol–water partition coefficient (Wildman–Crippen LogP) is 1.23. The van der Waals surface area contributed by atoms with E-state index >= 15 is 0 Å². The monoisotopic (exact) mass is 249 g/mol. The normalized spacial score (nSPS) is 22.2. The summed E-state index contributed by atoms with van der Waals surface area (Å²) in [5.74, 6) is 0. The average Bonchev–Trinajstić information content (AvgIpc) is 2.39. The van der Waals surface area contributed by atoms with E-state index < -0.39 is 0 Å². The number of nitrogens with zero attached hydrogens (tertiary/aromatic N) is 3. The van der Waals surface area contributed by atoms with E-state index in [4.69, 9.17) is 4.74 Å². The standard InChI is InChI=1S/C14H23N3O/c1-13-11-16(7-8-17(13)9-10-18-2)12-14-5-3-4-6-15-14/h3-6,13H,7-12H2,1-2H3. The topological polar surface area (TPSA) is 28.6 Å². The Morgan fingerprint density at radius 3 is 2.94 bits per heavy atom. The van der Waals surface area contributed by atoms with E-state index in [-0.39, 0.29) is 0 Å². The van der Waals surface area contributed by atoms with Crippen LogP contribution in [0.25, 0.3) is 0 Å². The molecule has 1 saturated heterocycles. The van der Waals surface area contributed by atoms with Gasteiger partial charge in [0.15, 0.2) is 0 Å². The van der Waals surface area contributed by atoms with Gasteiger partial charge in [0.1, 0.15) is 0 Å². The summed E-state index contributed by atoms with van der Waals surface area (Å²) in [6, 6.07) is 6.72. The van der Waals surface area contributed by atoms with Crippen molar-refractivity contribution < 1.29 is 4.74 Å². The van der Waals surface area contributed by atoms with Gasteiger partial charge in [-0.15, -0.1) is 0 Å². The van der Waals surface area contributed by atoms with E-state index in [1.807, 2.05) is 12.3 Å². The molecule has 1 aromatic rings. The Morgan fingerprint density at radius 2 is 2.28 bits per heavy atom. The SMILES string of the molecule is COCCN1CCN(Cc2ccccn2)CC1C. The Bertz CT molecular complexity index is 344. The van der Waals surface area contributed by atoms with Crippen LogP contribution >= 0.6 is 0 Å². The molecule has 0 saturated carbocycles. The van der Waals surface area contributed by atoms with Crippen LogP contribution in [0.4, 0.5) is 0 Å². The van der Waals surface area contributed by atoms with E-state index in [9.17, 15) is 0 Å². The maximum atomic E-state index is 5.15. The molecule has 0 N–H and O–H groups in total. The molecule has 1 aromatic heterocycles. The number of hydrogen-bond donors (Lipinski definition) is 0. The molecule has 0 spiro atoms. The first-order valence-electron chi connectivity index (χ1n) is 6.65. The van der Waals surface area contributed by atoms with Crippen molar-refractivity contribution in [3.05, 3.63) is 30.1 Å². The van der Waals surface area contributed by atoms with Crippen molar-refractivity contribution in [3.63, 3.8) is 0 Å². The zero-order valence-corrected chi connectivity index (χ0v) is 11.4. The van der Waals surface area contributed by atoms with E-state index in [0.717, 1.165) is 45.0 Å². The van der Waals surface area contributed by atoms with Gasteiger partial charge >= 0.3 is 0 Å². The number of methoxy groups -OCH3 is 1. The third-order valence-electron chi connectivity index (χ3n) is 3.54. The Balaban J connectivity index is 1.81. The van der Waals surface area contributed by atoms with Crippen LogP contribution in [0.15, 0.2) is 24.4 Å². The number of pyridine rings is 1. The predicted molar refractivity (Wildman–Crippen MR) is 72.4 cm³/mol. The van der Waals surface area contributed by atoms with Gasteiger partial charge in [0.25, 0.3) is 0 Å². The first-order valence-corrected chi connectivity index (χ1v) is 6.65. The van der Waals surface area contributed by atoms with Gasteiger partial charge in [-0.3, -0.25) is 14.8 Å². The lowest BCUT2D eigenvalue weighted by atomic mass is 10.2. The number of aromatic nitrogens is 1. The highest BCUT2D eigenvalue weighted by Crippen LogP contribution is 2.11. The molecule has 1 atom stereocenters. The molecule has 4 nitrogen and oxygen atoms in total. The Labute approximate surface area is 110 Å². The van der Waals surface area contributed by atoms with Crippen LogP contribution in [0, 0.1) is 0 Å². The molecular weight excluding hydrogens is 226 g/mol. The second-order valence-corrected chi connectivity index (χ2v) is 4.93. The fraction of sp³-hybridized carbons (Fsp3) is 0.643. The van der Waals surface area contributed by atoms with Gasteiger partial charge in [-0.1, -0.05) is 6.07 Å². The molecule has 0 radical (unpaired) electrons. The highest BCUT2D eigenvalue weighted by atomic mass is 16.5. The molecule has 1 aliphatic heterocycles. The molecule has 18 heavy (non-hydrogen) atoms. The second-order valence-electron chi connectivity index (χ2n) is 4.93. The van der Waals surface area contributed by atoms with Crippen LogP contribution in [-0.2, 0) is 11.3 Å². The van der Waals surface area contributed by atoms with Gasteiger partial charge in [0, 0.05) is 52.1 Å². The van der Waals surface area contributed by atoms with Crippen molar-refractivity contribution in [2.75, 3.05) is 39.9 Å². The summed E-state index contributed by atoms with van der Waals surface area (Å²) in [6.07, 6.45) is 1.87. The van der Waals surface area contributed by atoms with Crippen LogP contribution < -0.4 is 0 Å². The fourth-order valence-electron chi connectivity index (χ4n) is 2.48. The van der Waals surface area contributed by atoms with Gasteiger partial charge in [-0.05, 0) is 19.1 Å². The number of ether oxygens (including phenoxy) is 1. The van der Waals surface area contributed by atoms with Gasteiger partial charge in [-0.25, -0.2) is 0 Å². The summed E-state index contributed by atoms with van der Waals surface area (Å²) in [4.78, 5) is 9.37. The summed E-state index contributed by atoms with van der Waals surface area (Å²) in [7, 11) is 1.77. The summed E-state index contributed by atoms with van der Waals surface area (Å²) >= 11 is 0. The lowest BCUT2D eigenvalue weighted by molar-refractivity contribution is 0.0552. The molecule has 2 heterocycles. The Hall–Kier alpha value is -0.970. The summed E-state index contributed by atoms with van der Waals surface area (Å²) in [5, 5.41) is 0. The third kappa shape index (κ3) is 3.77. The van der Waals surface area contributed by atoms with Gasteiger partial charge in [0.2, 0.25) is 0 Å². The molecule has 0 aliphatic carbocycles. The minimum atomic E-state index is 0.595. The van der Waals surface area contributed by atoms with Crippen molar-refractivity contribution in [1.82, 2.24) is 14.8 Å². The smallest absolute Gasteiger partial charge is 0.0589 e. The number of hydrogen-bond acceptors (Lipinski definition) is 4. The third-order valence-corrected chi connectivity index (χ3v) is 3.54. The van der Waals surface area contributed by atoms with Crippen molar-refractivity contribution >= 4 is 0 Å². The van der Waals surface area contributed by atoms with Crippen LogP contribution in [-0.4, -0.2) is 60.7 Å². The summed E-state index contributed by atoms with van der Waals surface area (Å²) in [5.41, 5.74) is 1.16. The molecule has 2 rings (SSSR count). The van der Waals surface area contributed by atoms with Crippen molar-refractivity contribution in [2.45, 2.75) is 19.5 Å².